The fraction of sp³-hybridized carbons (Fsp3) is 0.769. The Bertz CT molecular complexity index is 337. The molecule has 0 saturated heterocycles. The van der Waals surface area contributed by atoms with Gasteiger partial charge >= 0.3 is 0 Å². The zero-order valence-corrected chi connectivity index (χ0v) is 10.9. The molecule has 1 aromatic heterocycles. The molecule has 1 aliphatic rings. The highest BCUT2D eigenvalue weighted by Crippen LogP contribution is 2.21. The molecule has 1 heterocycles. The van der Waals surface area contributed by atoms with Crippen molar-refractivity contribution >= 4 is 0 Å². The number of hydrogen-bond donors (Lipinski definition) is 1. The Morgan fingerprint density at radius 2 is 2.41 bits per heavy atom. The molecular formula is C13H23N3O. The van der Waals surface area contributed by atoms with Gasteiger partial charge in [0.2, 0.25) is 0 Å². The number of nitrogens with zero attached hydrogens (tertiary/aromatic N) is 2. The molecule has 1 aliphatic carbocycles. The van der Waals surface area contributed by atoms with Gasteiger partial charge in [0.05, 0.1) is 12.3 Å². The van der Waals surface area contributed by atoms with Crippen LogP contribution in [0.15, 0.2) is 12.4 Å². The summed E-state index contributed by atoms with van der Waals surface area (Å²) in [6.07, 6.45) is 9.28. The molecule has 4 heteroatoms. The molecule has 0 radical (unpaired) electrons. The molecule has 2 unspecified atom stereocenters. The molecule has 0 bridgehead atoms. The van der Waals surface area contributed by atoms with Gasteiger partial charge in [-0.1, -0.05) is 6.92 Å². The van der Waals surface area contributed by atoms with E-state index >= 15 is 0 Å². The Balaban J connectivity index is 1.80. The van der Waals surface area contributed by atoms with Gasteiger partial charge in [0.15, 0.2) is 0 Å². The minimum absolute atomic E-state index is 0.390. The van der Waals surface area contributed by atoms with Crippen molar-refractivity contribution in [2.24, 2.45) is 0 Å². The Morgan fingerprint density at radius 3 is 3.18 bits per heavy atom. The predicted octanol–water partition coefficient (Wildman–Crippen LogP) is 1.95. The molecule has 1 aromatic rings. The van der Waals surface area contributed by atoms with Crippen molar-refractivity contribution in [3.63, 3.8) is 0 Å². The summed E-state index contributed by atoms with van der Waals surface area (Å²) in [5, 5.41) is 7.91. The topological polar surface area (TPSA) is 39.1 Å². The van der Waals surface area contributed by atoms with E-state index in [0.717, 1.165) is 19.5 Å². The molecule has 0 spiro atoms. The Hall–Kier alpha value is -0.870. The lowest BCUT2D eigenvalue weighted by Crippen LogP contribution is -2.36. The summed E-state index contributed by atoms with van der Waals surface area (Å²) < 4.78 is 7.49. The average molecular weight is 237 g/mol. The molecule has 17 heavy (non-hydrogen) atoms. The van der Waals surface area contributed by atoms with Gasteiger partial charge in [0.1, 0.15) is 0 Å². The second kappa shape index (κ2) is 6.17. The van der Waals surface area contributed by atoms with Gasteiger partial charge < -0.3 is 10.1 Å². The number of aryl methyl sites for hydroxylation is 1. The van der Waals surface area contributed by atoms with Crippen molar-refractivity contribution < 1.29 is 4.74 Å². The third-order valence-electron chi connectivity index (χ3n) is 3.46. The van der Waals surface area contributed by atoms with Crippen LogP contribution in [0, 0.1) is 0 Å². The molecule has 4 nitrogen and oxygen atoms in total. The lowest BCUT2D eigenvalue weighted by Gasteiger charge is -2.19. The predicted molar refractivity (Wildman–Crippen MR) is 67.8 cm³/mol. The van der Waals surface area contributed by atoms with E-state index in [0.29, 0.717) is 12.1 Å². The fourth-order valence-corrected chi connectivity index (χ4v) is 2.54. The quantitative estimate of drug-likeness (QED) is 0.822. The van der Waals surface area contributed by atoms with E-state index in [1.54, 1.807) is 0 Å². The van der Waals surface area contributed by atoms with E-state index in [9.17, 15) is 0 Å². The first-order chi connectivity index (χ1) is 8.33. The molecule has 1 N–H and O–H groups in total. The highest BCUT2D eigenvalue weighted by Gasteiger charge is 2.26. The minimum Gasteiger partial charge on any atom is -0.380 e. The Morgan fingerprint density at radius 1 is 1.53 bits per heavy atom. The summed E-state index contributed by atoms with van der Waals surface area (Å²) in [5.74, 6) is 0. The van der Waals surface area contributed by atoms with E-state index in [4.69, 9.17) is 4.74 Å². The SMILES string of the molecule is CCCn1cc(CNC2CCCC2OC)cn1. The van der Waals surface area contributed by atoms with Crippen LogP contribution in [0.2, 0.25) is 0 Å². The highest BCUT2D eigenvalue weighted by molar-refractivity contribution is 5.04. The smallest absolute Gasteiger partial charge is 0.0724 e. The molecule has 1 fully saturated rings. The van der Waals surface area contributed by atoms with Crippen LogP contribution in [0.5, 0.6) is 0 Å². The van der Waals surface area contributed by atoms with Crippen LogP contribution in [-0.2, 0) is 17.8 Å². The van der Waals surface area contributed by atoms with Crippen molar-refractivity contribution in [2.75, 3.05) is 7.11 Å². The summed E-state index contributed by atoms with van der Waals surface area (Å²) in [6.45, 7) is 4.07. The molecule has 2 rings (SSSR count). The van der Waals surface area contributed by atoms with E-state index in [1.807, 2.05) is 18.0 Å². The van der Waals surface area contributed by atoms with Gasteiger partial charge in [-0.3, -0.25) is 4.68 Å². The van der Waals surface area contributed by atoms with E-state index in [1.165, 1.54) is 24.8 Å². The van der Waals surface area contributed by atoms with Crippen molar-refractivity contribution in [1.82, 2.24) is 15.1 Å². The van der Waals surface area contributed by atoms with Crippen LogP contribution in [0.4, 0.5) is 0 Å². The first-order valence-corrected chi connectivity index (χ1v) is 6.61. The summed E-state index contributed by atoms with van der Waals surface area (Å²) in [6, 6.07) is 0.509. The molecular weight excluding hydrogens is 214 g/mol. The normalized spacial score (nSPS) is 24.4. The first-order valence-electron chi connectivity index (χ1n) is 6.61. The second-order valence-corrected chi connectivity index (χ2v) is 4.80. The monoisotopic (exact) mass is 237 g/mol. The van der Waals surface area contributed by atoms with Crippen LogP contribution in [0.25, 0.3) is 0 Å². The van der Waals surface area contributed by atoms with E-state index in [2.05, 4.69) is 23.5 Å². The van der Waals surface area contributed by atoms with Gasteiger partial charge in [0.25, 0.3) is 0 Å². The average Bonchev–Trinajstić information content (AvgIpc) is 2.95. The number of methoxy groups -OCH3 is 1. The lowest BCUT2D eigenvalue weighted by molar-refractivity contribution is 0.0847. The van der Waals surface area contributed by atoms with Crippen molar-refractivity contribution in [2.45, 2.75) is 57.8 Å². The zero-order valence-electron chi connectivity index (χ0n) is 10.9. The first kappa shape index (κ1) is 12.6. The van der Waals surface area contributed by atoms with Gasteiger partial charge in [-0.05, 0) is 25.7 Å². The standard InChI is InChI=1S/C13H23N3O/c1-3-7-16-10-11(9-15-16)8-14-12-5-4-6-13(12)17-2/h9-10,12-14H,3-8H2,1-2H3. The maximum absolute atomic E-state index is 5.47. The van der Waals surface area contributed by atoms with Crippen LogP contribution in [0.3, 0.4) is 0 Å². The Kier molecular flexibility index (Phi) is 4.57. The molecule has 1 saturated carbocycles. The minimum atomic E-state index is 0.390. The third-order valence-corrected chi connectivity index (χ3v) is 3.46. The summed E-state index contributed by atoms with van der Waals surface area (Å²) in [5.41, 5.74) is 1.26. The number of nitrogens with one attached hydrogen (secondary N) is 1. The molecule has 0 aliphatic heterocycles. The van der Waals surface area contributed by atoms with Crippen molar-refractivity contribution in [1.29, 1.82) is 0 Å². The maximum atomic E-state index is 5.47. The third kappa shape index (κ3) is 3.30. The molecule has 0 amide bonds. The summed E-state index contributed by atoms with van der Waals surface area (Å²) in [4.78, 5) is 0. The Labute approximate surface area is 103 Å². The van der Waals surface area contributed by atoms with Gasteiger partial charge in [-0.2, -0.15) is 5.10 Å². The van der Waals surface area contributed by atoms with Crippen LogP contribution >= 0.6 is 0 Å². The maximum Gasteiger partial charge on any atom is 0.0724 e. The molecule has 2 atom stereocenters. The lowest BCUT2D eigenvalue weighted by atomic mass is 10.2. The van der Waals surface area contributed by atoms with E-state index in [-0.39, 0.29) is 0 Å². The number of ether oxygens (including phenoxy) is 1. The van der Waals surface area contributed by atoms with Crippen LogP contribution in [-0.4, -0.2) is 29.0 Å². The summed E-state index contributed by atoms with van der Waals surface area (Å²) >= 11 is 0. The van der Waals surface area contributed by atoms with Gasteiger partial charge in [-0.15, -0.1) is 0 Å². The number of hydrogen-bond acceptors (Lipinski definition) is 3. The number of rotatable bonds is 6. The van der Waals surface area contributed by atoms with Crippen molar-refractivity contribution in [3.8, 4) is 0 Å². The largest absolute Gasteiger partial charge is 0.380 e. The number of aromatic nitrogens is 2. The van der Waals surface area contributed by atoms with Gasteiger partial charge in [-0.25, -0.2) is 0 Å². The van der Waals surface area contributed by atoms with Gasteiger partial charge in [0, 0.05) is 38.0 Å². The second-order valence-electron chi connectivity index (χ2n) is 4.80. The van der Waals surface area contributed by atoms with Crippen LogP contribution in [0.1, 0.15) is 38.2 Å². The molecule has 0 aromatic carbocycles. The highest BCUT2D eigenvalue weighted by atomic mass is 16.5. The fourth-order valence-electron chi connectivity index (χ4n) is 2.54. The summed E-state index contributed by atoms with van der Waals surface area (Å²) in [7, 11) is 1.81. The van der Waals surface area contributed by atoms with E-state index < -0.39 is 0 Å². The molecule has 96 valence electrons. The van der Waals surface area contributed by atoms with Crippen molar-refractivity contribution in [3.05, 3.63) is 18.0 Å². The van der Waals surface area contributed by atoms with Crippen LogP contribution < -0.4 is 5.32 Å². The zero-order chi connectivity index (χ0) is 12.1.